The van der Waals surface area contributed by atoms with Gasteiger partial charge in [-0.25, -0.2) is 9.97 Å². The summed E-state index contributed by atoms with van der Waals surface area (Å²) in [7, 11) is 0. The summed E-state index contributed by atoms with van der Waals surface area (Å²) in [6.07, 6.45) is 9.51. The maximum absolute atomic E-state index is 4.58. The van der Waals surface area contributed by atoms with Gasteiger partial charge in [0.2, 0.25) is 5.95 Å². The summed E-state index contributed by atoms with van der Waals surface area (Å²) in [6, 6.07) is 12.5. The molecular weight excluding hydrogens is 334 g/mol. The number of hydrogen-bond donors (Lipinski definition) is 1. The zero-order valence-corrected chi connectivity index (χ0v) is 15.7. The Morgan fingerprint density at radius 3 is 2.22 bits per heavy atom. The molecule has 0 aliphatic carbocycles. The molecule has 0 atom stereocenters. The molecule has 0 bridgehead atoms. The van der Waals surface area contributed by atoms with E-state index in [1.807, 2.05) is 24.7 Å². The molecule has 5 heteroatoms. The van der Waals surface area contributed by atoms with Crippen molar-refractivity contribution < 1.29 is 0 Å². The molecule has 0 unspecified atom stereocenters. The van der Waals surface area contributed by atoms with Crippen LogP contribution in [0.2, 0.25) is 0 Å². The zero-order chi connectivity index (χ0) is 18.5. The van der Waals surface area contributed by atoms with E-state index in [1.54, 1.807) is 0 Å². The number of hydrogen-bond acceptors (Lipinski definition) is 5. The van der Waals surface area contributed by atoms with Crippen molar-refractivity contribution in [1.82, 2.24) is 19.9 Å². The highest BCUT2D eigenvalue weighted by Gasteiger charge is 2.11. The minimum atomic E-state index is 0.580. The van der Waals surface area contributed by atoms with Gasteiger partial charge in [0.05, 0.1) is 17.6 Å². The number of rotatable bonds is 5. The lowest BCUT2D eigenvalue weighted by atomic mass is 10.1. The summed E-state index contributed by atoms with van der Waals surface area (Å²) in [5.74, 6) is 0.580. The van der Waals surface area contributed by atoms with E-state index >= 15 is 0 Å². The second-order valence-corrected chi connectivity index (χ2v) is 7.16. The van der Waals surface area contributed by atoms with Crippen LogP contribution in [0.3, 0.4) is 0 Å². The molecular formula is C22H25N5. The number of piperidine rings is 1. The smallest absolute Gasteiger partial charge is 0.227 e. The molecule has 0 amide bonds. The molecule has 1 aliphatic rings. The van der Waals surface area contributed by atoms with Gasteiger partial charge >= 0.3 is 0 Å². The van der Waals surface area contributed by atoms with Crippen LogP contribution in [0, 0.1) is 6.92 Å². The average Bonchev–Trinajstić information content (AvgIpc) is 2.72. The molecule has 4 rings (SSSR count). The SMILES string of the molecule is Cc1ccc(-c2cnc(Nc3ccc(CN4CCCCC4)nc3)nc2)cc1. The molecule has 1 aromatic carbocycles. The minimum absolute atomic E-state index is 0.580. The molecule has 1 saturated heterocycles. The van der Waals surface area contributed by atoms with Crippen LogP contribution < -0.4 is 5.32 Å². The Bertz CT molecular complexity index is 851. The predicted octanol–water partition coefficient (Wildman–Crippen LogP) is 4.58. The van der Waals surface area contributed by atoms with Gasteiger partial charge in [-0.05, 0) is 50.6 Å². The Kier molecular flexibility index (Phi) is 5.39. The molecule has 1 N–H and O–H groups in total. The third kappa shape index (κ3) is 4.68. The topological polar surface area (TPSA) is 53.9 Å². The Balaban J connectivity index is 1.37. The largest absolute Gasteiger partial charge is 0.323 e. The lowest BCUT2D eigenvalue weighted by Gasteiger charge is -2.25. The summed E-state index contributed by atoms with van der Waals surface area (Å²) in [5, 5.41) is 3.22. The molecule has 0 saturated carbocycles. The van der Waals surface area contributed by atoms with Crippen molar-refractivity contribution in [3.63, 3.8) is 0 Å². The van der Waals surface area contributed by atoms with Crippen LogP contribution in [0.1, 0.15) is 30.5 Å². The third-order valence-electron chi connectivity index (χ3n) is 4.95. The number of likely N-dealkylation sites (tertiary alicyclic amines) is 1. The van der Waals surface area contributed by atoms with E-state index in [2.05, 4.69) is 62.4 Å². The van der Waals surface area contributed by atoms with Crippen molar-refractivity contribution in [3.8, 4) is 11.1 Å². The highest BCUT2D eigenvalue weighted by molar-refractivity contribution is 5.63. The van der Waals surface area contributed by atoms with Crippen molar-refractivity contribution in [3.05, 3.63) is 66.2 Å². The van der Waals surface area contributed by atoms with Gasteiger partial charge in [-0.1, -0.05) is 36.2 Å². The first kappa shape index (κ1) is 17.6. The monoisotopic (exact) mass is 359 g/mol. The van der Waals surface area contributed by atoms with Crippen molar-refractivity contribution >= 4 is 11.6 Å². The molecule has 27 heavy (non-hydrogen) atoms. The first-order chi connectivity index (χ1) is 13.3. The van der Waals surface area contributed by atoms with Gasteiger partial charge < -0.3 is 5.32 Å². The van der Waals surface area contributed by atoms with E-state index < -0.39 is 0 Å². The second-order valence-electron chi connectivity index (χ2n) is 7.16. The summed E-state index contributed by atoms with van der Waals surface area (Å²) in [4.78, 5) is 15.9. The molecule has 0 spiro atoms. The Labute approximate surface area is 160 Å². The summed E-state index contributed by atoms with van der Waals surface area (Å²) in [6.45, 7) is 5.38. The van der Waals surface area contributed by atoms with E-state index in [0.29, 0.717) is 5.95 Å². The van der Waals surface area contributed by atoms with Gasteiger partial charge in [-0.2, -0.15) is 0 Å². The Morgan fingerprint density at radius 2 is 1.56 bits per heavy atom. The van der Waals surface area contributed by atoms with Crippen molar-refractivity contribution in [2.75, 3.05) is 18.4 Å². The lowest BCUT2D eigenvalue weighted by Crippen LogP contribution is -2.29. The first-order valence-corrected chi connectivity index (χ1v) is 9.60. The second kappa shape index (κ2) is 8.27. The van der Waals surface area contributed by atoms with E-state index in [-0.39, 0.29) is 0 Å². The van der Waals surface area contributed by atoms with E-state index in [1.165, 1.54) is 37.9 Å². The molecule has 1 aliphatic heterocycles. The number of pyridine rings is 1. The number of anilines is 2. The fourth-order valence-corrected chi connectivity index (χ4v) is 3.36. The number of aromatic nitrogens is 3. The van der Waals surface area contributed by atoms with Crippen LogP contribution in [0.5, 0.6) is 0 Å². The molecule has 3 heterocycles. The molecule has 5 nitrogen and oxygen atoms in total. The molecule has 0 radical (unpaired) electrons. The van der Waals surface area contributed by atoms with Gasteiger partial charge in [0.25, 0.3) is 0 Å². The van der Waals surface area contributed by atoms with Crippen molar-refractivity contribution in [2.45, 2.75) is 32.7 Å². The van der Waals surface area contributed by atoms with Gasteiger partial charge in [0.15, 0.2) is 0 Å². The average molecular weight is 359 g/mol. The first-order valence-electron chi connectivity index (χ1n) is 9.60. The van der Waals surface area contributed by atoms with Crippen LogP contribution in [0.4, 0.5) is 11.6 Å². The van der Waals surface area contributed by atoms with Gasteiger partial charge in [-0.15, -0.1) is 0 Å². The van der Waals surface area contributed by atoms with E-state index in [0.717, 1.165) is 29.1 Å². The Hall–Kier alpha value is -2.79. The Morgan fingerprint density at radius 1 is 0.815 bits per heavy atom. The maximum Gasteiger partial charge on any atom is 0.227 e. The van der Waals surface area contributed by atoms with E-state index in [9.17, 15) is 0 Å². The van der Waals surface area contributed by atoms with E-state index in [4.69, 9.17) is 0 Å². The normalized spacial score (nSPS) is 14.9. The van der Waals surface area contributed by atoms with Crippen LogP contribution in [0.15, 0.2) is 55.0 Å². The van der Waals surface area contributed by atoms with Gasteiger partial charge in [-0.3, -0.25) is 9.88 Å². The quantitative estimate of drug-likeness (QED) is 0.723. The molecule has 2 aromatic heterocycles. The van der Waals surface area contributed by atoms with Crippen LogP contribution in [-0.2, 0) is 6.54 Å². The van der Waals surface area contributed by atoms with Crippen LogP contribution in [-0.4, -0.2) is 32.9 Å². The summed E-state index contributed by atoms with van der Waals surface area (Å²) >= 11 is 0. The van der Waals surface area contributed by atoms with Crippen molar-refractivity contribution in [2.24, 2.45) is 0 Å². The molecule has 3 aromatic rings. The van der Waals surface area contributed by atoms with Crippen molar-refractivity contribution in [1.29, 1.82) is 0 Å². The lowest BCUT2D eigenvalue weighted by molar-refractivity contribution is 0.218. The minimum Gasteiger partial charge on any atom is -0.323 e. The van der Waals surface area contributed by atoms with Gasteiger partial charge in [0.1, 0.15) is 0 Å². The highest BCUT2D eigenvalue weighted by atomic mass is 15.1. The predicted molar refractivity (Wildman–Crippen MR) is 109 cm³/mol. The molecule has 1 fully saturated rings. The number of aryl methyl sites for hydroxylation is 1. The summed E-state index contributed by atoms with van der Waals surface area (Å²) in [5.41, 5.74) is 5.39. The fraction of sp³-hybridized carbons (Fsp3) is 0.318. The van der Waals surface area contributed by atoms with Crippen LogP contribution in [0.25, 0.3) is 11.1 Å². The number of benzene rings is 1. The fourth-order valence-electron chi connectivity index (χ4n) is 3.36. The zero-order valence-electron chi connectivity index (χ0n) is 15.7. The number of nitrogens with one attached hydrogen (secondary N) is 1. The van der Waals surface area contributed by atoms with Gasteiger partial charge in [0, 0.05) is 24.5 Å². The number of nitrogens with zero attached hydrogens (tertiary/aromatic N) is 4. The standard InChI is InChI=1S/C22H25N5/c1-17-5-7-18(8-6-17)19-13-24-22(25-14-19)26-20-9-10-21(23-15-20)16-27-11-3-2-4-12-27/h5-10,13-15H,2-4,11-12,16H2,1H3,(H,24,25,26). The summed E-state index contributed by atoms with van der Waals surface area (Å²) < 4.78 is 0. The van der Waals surface area contributed by atoms with Crippen LogP contribution >= 0.6 is 0 Å². The highest BCUT2D eigenvalue weighted by Crippen LogP contribution is 2.20. The maximum atomic E-state index is 4.58. The molecule has 138 valence electrons. The third-order valence-corrected chi connectivity index (χ3v) is 4.95.